The first-order valence-electron chi connectivity index (χ1n) is 3.38. The molecule has 0 amide bonds. The lowest BCUT2D eigenvalue weighted by Gasteiger charge is -1.83. The number of aromatic nitrogens is 1. The number of hydrogen-bond acceptors (Lipinski definition) is 0. The Labute approximate surface area is 64.3 Å². The molecule has 0 aliphatic carbocycles. The van der Waals surface area contributed by atoms with Crippen LogP contribution < -0.4 is 0 Å². The third-order valence-corrected chi connectivity index (χ3v) is 1.69. The van der Waals surface area contributed by atoms with Gasteiger partial charge in [0.05, 0.1) is 0 Å². The standard InChI is InChI=1S/C9H7N2/c1-10-8-2-3-9-7(6-8)4-5-11-9/h1-6,11H/q+1. The molecule has 2 aromatic rings. The van der Waals surface area contributed by atoms with E-state index in [4.69, 9.17) is 6.57 Å². The molecule has 1 N–H and O–H groups in total. The zero-order chi connectivity index (χ0) is 7.68. The Balaban J connectivity index is 2.79. The van der Waals surface area contributed by atoms with Crippen molar-refractivity contribution in [3.63, 3.8) is 0 Å². The monoisotopic (exact) mass is 143 g/mol. The lowest BCUT2D eigenvalue weighted by Crippen LogP contribution is -1.64. The van der Waals surface area contributed by atoms with Crippen LogP contribution in [0, 0.1) is 6.57 Å². The van der Waals surface area contributed by atoms with E-state index >= 15 is 0 Å². The maximum atomic E-state index is 5.12. The first-order chi connectivity index (χ1) is 5.40. The zero-order valence-corrected chi connectivity index (χ0v) is 5.91. The summed E-state index contributed by atoms with van der Waals surface area (Å²) in [4.78, 5) is 6.67. The number of nitrogens with zero attached hydrogens (tertiary/aromatic N) is 1. The van der Waals surface area contributed by atoms with Crippen LogP contribution in [0.25, 0.3) is 15.7 Å². The minimum Gasteiger partial charge on any atom is -0.361 e. The molecule has 1 heterocycles. The molecule has 0 unspecified atom stereocenters. The summed E-state index contributed by atoms with van der Waals surface area (Å²) in [5.74, 6) is 0. The minimum atomic E-state index is 0.803. The van der Waals surface area contributed by atoms with Crippen LogP contribution in [-0.2, 0) is 0 Å². The lowest BCUT2D eigenvalue weighted by molar-refractivity contribution is 1.48. The first kappa shape index (κ1) is 5.99. The van der Waals surface area contributed by atoms with Gasteiger partial charge in [0.1, 0.15) is 0 Å². The second kappa shape index (κ2) is 2.14. The summed E-state index contributed by atoms with van der Waals surface area (Å²) in [5, 5.41) is 1.14. The number of H-pyrrole nitrogens is 1. The quantitative estimate of drug-likeness (QED) is 0.585. The van der Waals surface area contributed by atoms with Crippen molar-refractivity contribution in [2.24, 2.45) is 0 Å². The largest absolute Gasteiger partial charge is 0.361 e. The Morgan fingerprint density at radius 1 is 1.27 bits per heavy atom. The highest BCUT2D eigenvalue weighted by molar-refractivity contribution is 5.83. The van der Waals surface area contributed by atoms with E-state index in [2.05, 4.69) is 9.83 Å². The molecule has 0 aliphatic rings. The number of aromatic amines is 1. The molecule has 0 atom stereocenters. The molecule has 2 rings (SSSR count). The fourth-order valence-corrected chi connectivity index (χ4v) is 1.12. The average molecular weight is 143 g/mol. The molecule has 0 saturated heterocycles. The topological polar surface area (TPSA) is 20.1 Å². The van der Waals surface area contributed by atoms with Crippen LogP contribution in [-0.4, -0.2) is 4.98 Å². The van der Waals surface area contributed by atoms with E-state index in [1.165, 1.54) is 0 Å². The third kappa shape index (κ3) is 0.870. The van der Waals surface area contributed by atoms with Gasteiger partial charge in [-0.1, -0.05) is 0 Å². The van der Waals surface area contributed by atoms with Crippen molar-refractivity contribution in [3.05, 3.63) is 35.3 Å². The van der Waals surface area contributed by atoms with Gasteiger partial charge in [-0.15, -0.1) is 0 Å². The third-order valence-electron chi connectivity index (χ3n) is 1.69. The predicted molar refractivity (Wildman–Crippen MR) is 46.3 cm³/mol. The first-order valence-corrected chi connectivity index (χ1v) is 3.38. The van der Waals surface area contributed by atoms with Crippen molar-refractivity contribution in [2.75, 3.05) is 0 Å². The molecule has 0 bridgehead atoms. The van der Waals surface area contributed by atoms with Gasteiger partial charge in [0.25, 0.3) is 6.57 Å². The van der Waals surface area contributed by atoms with E-state index in [9.17, 15) is 0 Å². The Kier molecular flexibility index (Phi) is 1.16. The van der Waals surface area contributed by atoms with Gasteiger partial charge < -0.3 is 4.98 Å². The van der Waals surface area contributed by atoms with Gasteiger partial charge in [0, 0.05) is 29.2 Å². The fourth-order valence-electron chi connectivity index (χ4n) is 1.12. The van der Waals surface area contributed by atoms with E-state index in [0.29, 0.717) is 0 Å². The Bertz CT molecular complexity index is 420. The van der Waals surface area contributed by atoms with E-state index in [1.54, 1.807) is 0 Å². The number of benzene rings is 1. The van der Waals surface area contributed by atoms with Gasteiger partial charge in [0.2, 0.25) is 0 Å². The van der Waals surface area contributed by atoms with Crippen LogP contribution in [0.3, 0.4) is 0 Å². The van der Waals surface area contributed by atoms with Crippen LogP contribution in [0.5, 0.6) is 0 Å². The van der Waals surface area contributed by atoms with E-state index in [0.717, 1.165) is 16.6 Å². The predicted octanol–water partition coefficient (Wildman–Crippen LogP) is 2.76. The summed E-state index contributed by atoms with van der Waals surface area (Å²) in [5.41, 5.74) is 1.91. The smallest absolute Gasteiger partial charge is 0.340 e. The zero-order valence-electron chi connectivity index (χ0n) is 5.91. The summed E-state index contributed by atoms with van der Waals surface area (Å²) in [6, 6.07) is 7.76. The van der Waals surface area contributed by atoms with Crippen LogP contribution in [0.15, 0.2) is 30.5 Å². The van der Waals surface area contributed by atoms with E-state index < -0.39 is 0 Å². The van der Waals surface area contributed by atoms with Crippen molar-refractivity contribution in [1.82, 2.24) is 4.98 Å². The van der Waals surface area contributed by atoms with Crippen molar-refractivity contribution >= 4 is 16.6 Å². The Hall–Kier alpha value is -1.75. The van der Waals surface area contributed by atoms with Crippen molar-refractivity contribution in [2.45, 2.75) is 0 Å². The molecule has 52 valence electrons. The van der Waals surface area contributed by atoms with Crippen LogP contribution in [0.4, 0.5) is 5.69 Å². The van der Waals surface area contributed by atoms with Crippen molar-refractivity contribution in [3.8, 4) is 6.57 Å². The molecule has 1 aromatic carbocycles. The lowest BCUT2D eigenvalue weighted by atomic mass is 10.2. The molecule has 0 aliphatic heterocycles. The van der Waals surface area contributed by atoms with Gasteiger partial charge in [-0.2, -0.15) is 0 Å². The molecule has 2 nitrogen and oxygen atoms in total. The molecule has 2 heteroatoms. The van der Waals surface area contributed by atoms with E-state index in [-0.39, 0.29) is 0 Å². The highest BCUT2D eigenvalue weighted by Crippen LogP contribution is 2.19. The van der Waals surface area contributed by atoms with Gasteiger partial charge >= 0.3 is 5.69 Å². The maximum absolute atomic E-state index is 5.12. The SMILES string of the molecule is C#[N+]c1ccc2[nH]ccc2c1. The van der Waals surface area contributed by atoms with Crippen LogP contribution in [0.2, 0.25) is 0 Å². The molecular formula is C9H7N2+. The highest BCUT2D eigenvalue weighted by atomic mass is 14.7. The number of rotatable bonds is 0. The van der Waals surface area contributed by atoms with Crippen LogP contribution in [0.1, 0.15) is 0 Å². The Morgan fingerprint density at radius 3 is 3.00 bits per heavy atom. The molecule has 11 heavy (non-hydrogen) atoms. The maximum Gasteiger partial charge on any atom is 0.340 e. The summed E-state index contributed by atoms with van der Waals surface area (Å²) in [7, 11) is 0. The van der Waals surface area contributed by atoms with Crippen molar-refractivity contribution < 1.29 is 0 Å². The molecule has 0 radical (unpaired) electrons. The molecule has 1 aromatic heterocycles. The number of fused-ring (bicyclic) bond motifs is 1. The normalized spacial score (nSPS) is 9.73. The van der Waals surface area contributed by atoms with Gasteiger partial charge in [-0.3, -0.25) is 0 Å². The molecule has 0 spiro atoms. The second-order valence-corrected chi connectivity index (χ2v) is 2.38. The molecule has 0 fully saturated rings. The summed E-state index contributed by atoms with van der Waals surface area (Å²) in [6.07, 6.45) is 1.89. The molecular weight excluding hydrogens is 136 g/mol. The Morgan fingerprint density at radius 2 is 2.18 bits per heavy atom. The number of hydrogen-bond donors (Lipinski definition) is 1. The van der Waals surface area contributed by atoms with Crippen molar-refractivity contribution in [1.29, 1.82) is 0 Å². The van der Waals surface area contributed by atoms with Gasteiger partial charge in [0.15, 0.2) is 0 Å². The average Bonchev–Trinajstić information content (AvgIpc) is 2.50. The summed E-state index contributed by atoms with van der Waals surface area (Å²) in [6.45, 7) is 5.12. The second-order valence-electron chi connectivity index (χ2n) is 2.38. The van der Waals surface area contributed by atoms with Crippen LogP contribution >= 0.6 is 0 Å². The minimum absolute atomic E-state index is 0.803. The van der Waals surface area contributed by atoms with Gasteiger partial charge in [-0.25, -0.2) is 0 Å². The van der Waals surface area contributed by atoms with Gasteiger partial charge in [-0.05, 0) is 17.0 Å². The van der Waals surface area contributed by atoms with E-state index in [1.807, 2.05) is 30.5 Å². The number of nitrogens with one attached hydrogen (secondary N) is 1. The fraction of sp³-hybridized carbons (Fsp3) is 0. The highest BCUT2D eigenvalue weighted by Gasteiger charge is 2.00. The molecule has 0 saturated carbocycles. The summed E-state index contributed by atoms with van der Waals surface area (Å²) >= 11 is 0. The summed E-state index contributed by atoms with van der Waals surface area (Å²) < 4.78 is 0.